The Labute approximate surface area is 316 Å². The Kier molecular flexibility index (Phi) is 19.3. The molecule has 0 aliphatic rings. The molecule has 4 aromatic rings. The third-order valence-electron chi connectivity index (χ3n) is 5.76. The van der Waals surface area contributed by atoms with Gasteiger partial charge in [0.15, 0.2) is 0 Å². The van der Waals surface area contributed by atoms with E-state index in [1.807, 2.05) is 40.5 Å². The zero-order chi connectivity index (χ0) is 35.3. The summed E-state index contributed by atoms with van der Waals surface area (Å²) in [6.45, 7) is 31.7. The summed E-state index contributed by atoms with van der Waals surface area (Å²) in [7, 11) is 0. The summed E-state index contributed by atoms with van der Waals surface area (Å²) in [6.07, 6.45) is 0. The van der Waals surface area contributed by atoms with E-state index in [-0.39, 0.29) is 37.7 Å². The minimum atomic E-state index is 0. The molecule has 0 heterocycles. The normalized spacial score (nSPS) is 10.8. The van der Waals surface area contributed by atoms with Crippen molar-refractivity contribution < 1.29 is 21.1 Å². The summed E-state index contributed by atoms with van der Waals surface area (Å²) in [4.78, 5) is 0. The fourth-order valence-corrected chi connectivity index (χ4v) is 5.08. The van der Waals surface area contributed by atoms with Gasteiger partial charge in [0.1, 0.15) is 0 Å². The third-order valence-corrected chi connectivity index (χ3v) is 6.53. The van der Waals surface area contributed by atoms with Crippen LogP contribution in [0.3, 0.4) is 0 Å². The second-order valence-corrected chi connectivity index (χ2v) is 16.5. The molecule has 2 radical (unpaired) electrons. The molecule has 4 rings (SSSR count). The van der Waals surface area contributed by atoms with Crippen LogP contribution in [-0.2, 0) is 21.1 Å². The van der Waals surface area contributed by atoms with Gasteiger partial charge in [-0.05, 0) is 41.5 Å². The van der Waals surface area contributed by atoms with Gasteiger partial charge < -0.3 is 16.0 Å². The molecule has 47 heavy (non-hydrogen) atoms. The predicted molar refractivity (Wildman–Crippen MR) is 208 cm³/mol. The van der Waals surface area contributed by atoms with Crippen LogP contribution in [0.25, 0.3) is 16.0 Å². The molecule has 0 atom stereocenters. The van der Waals surface area contributed by atoms with Crippen molar-refractivity contribution in [3.8, 4) is 0 Å². The van der Waals surface area contributed by atoms with Gasteiger partial charge in [-0.3, -0.25) is 0 Å². The number of nitrogens with zero attached hydrogens (tertiary/aromatic N) is 3. The van der Waals surface area contributed by atoms with Crippen molar-refractivity contribution in [1.29, 1.82) is 0 Å². The zero-order valence-electron chi connectivity index (χ0n) is 31.7. The molecule has 0 unspecified atom stereocenters. The SMILES string of the molecule is Cc1cc(C)cc([N-]C(C)(C)C)c1.Cc1cc(C)cc([N-]C(C)(C)C)c1.Cc1cc(C)cc([N-]C(C)(C)C)c1.[Mo+3].[Te]c1ccccc1. The van der Waals surface area contributed by atoms with Crippen LogP contribution in [0.4, 0.5) is 17.1 Å². The Morgan fingerprint density at radius 2 is 0.596 bits per heavy atom. The van der Waals surface area contributed by atoms with Gasteiger partial charge in [0, 0.05) is 0 Å². The van der Waals surface area contributed by atoms with Crippen LogP contribution >= 0.6 is 0 Å². The van der Waals surface area contributed by atoms with Gasteiger partial charge in [0.2, 0.25) is 0 Å². The number of aryl methyl sites for hydroxylation is 6. The van der Waals surface area contributed by atoms with Crippen LogP contribution in [0.2, 0.25) is 0 Å². The Morgan fingerprint density at radius 3 is 0.745 bits per heavy atom. The van der Waals surface area contributed by atoms with Gasteiger partial charge in [-0.2, -0.15) is 0 Å². The summed E-state index contributed by atoms with van der Waals surface area (Å²) >= 11 is 2.02. The molecular formula is C42H59MoN3Te. The average molecular weight is 829 g/mol. The Hall–Kier alpha value is -2.24. The first kappa shape index (κ1) is 44.8. The molecular weight excluding hydrogens is 770 g/mol. The van der Waals surface area contributed by atoms with Gasteiger partial charge in [0.05, 0.1) is 0 Å². The van der Waals surface area contributed by atoms with Crippen LogP contribution < -0.4 is 3.61 Å². The zero-order valence-corrected chi connectivity index (χ0v) is 36.1. The van der Waals surface area contributed by atoms with E-state index in [4.69, 9.17) is 0 Å². The second-order valence-electron chi connectivity index (χ2n) is 15.2. The van der Waals surface area contributed by atoms with E-state index in [1.54, 1.807) is 0 Å². The van der Waals surface area contributed by atoms with E-state index in [1.165, 1.54) is 37.0 Å². The Morgan fingerprint density at radius 1 is 0.383 bits per heavy atom. The molecule has 254 valence electrons. The van der Waals surface area contributed by atoms with Crippen LogP contribution in [0.15, 0.2) is 84.9 Å². The Balaban J connectivity index is 0.000000608. The van der Waals surface area contributed by atoms with Crippen molar-refractivity contribution in [1.82, 2.24) is 0 Å². The fourth-order valence-electron chi connectivity index (χ4n) is 4.63. The standard InChI is InChI=1S/3C12H18N.C6H5Te.Mo/c3*1-9-6-10(2)8-11(7-9)13-12(3,4)5;7-6-4-2-1-3-5-6;/h3*6-8H,1-5H3;1-5H;/q3*-1;;+3. The van der Waals surface area contributed by atoms with Crippen LogP contribution in [0.1, 0.15) is 95.7 Å². The number of hydrogen-bond acceptors (Lipinski definition) is 0. The summed E-state index contributed by atoms with van der Waals surface area (Å²) < 4.78 is 1.33. The van der Waals surface area contributed by atoms with Crippen molar-refractivity contribution in [2.75, 3.05) is 0 Å². The number of benzene rings is 4. The minimum absolute atomic E-state index is 0. The van der Waals surface area contributed by atoms with Gasteiger partial charge in [-0.15, -0.1) is 33.7 Å². The van der Waals surface area contributed by atoms with Crippen molar-refractivity contribution >= 4 is 43.0 Å². The van der Waals surface area contributed by atoms with Crippen molar-refractivity contribution in [3.05, 3.63) is 134 Å². The topological polar surface area (TPSA) is 42.3 Å². The van der Waals surface area contributed by atoms with E-state index in [0.717, 1.165) is 17.1 Å². The first-order valence-electron chi connectivity index (χ1n) is 16.2. The maximum atomic E-state index is 4.61. The van der Waals surface area contributed by atoms with E-state index in [2.05, 4.69) is 187 Å². The van der Waals surface area contributed by atoms with Crippen LogP contribution in [0.5, 0.6) is 0 Å². The molecule has 0 N–H and O–H groups in total. The quantitative estimate of drug-likeness (QED) is 0.185. The molecule has 0 saturated heterocycles. The molecule has 0 spiro atoms. The molecule has 0 aromatic heterocycles. The van der Waals surface area contributed by atoms with Gasteiger partial charge >= 0.3 is 77.3 Å². The van der Waals surface area contributed by atoms with Crippen molar-refractivity contribution in [2.24, 2.45) is 0 Å². The third kappa shape index (κ3) is 23.7. The average Bonchev–Trinajstić information content (AvgIpc) is 2.80. The molecule has 0 amide bonds. The number of hydrogen-bond donors (Lipinski definition) is 0. The summed E-state index contributed by atoms with van der Waals surface area (Å²) in [5, 5.41) is 13.8. The van der Waals surface area contributed by atoms with Crippen molar-refractivity contribution in [2.45, 2.75) is 120 Å². The summed E-state index contributed by atoms with van der Waals surface area (Å²) in [5.74, 6) is 0. The maximum absolute atomic E-state index is 4.61. The van der Waals surface area contributed by atoms with E-state index < -0.39 is 0 Å². The monoisotopic (exact) mass is 833 g/mol. The molecule has 0 aliphatic carbocycles. The van der Waals surface area contributed by atoms with Crippen molar-refractivity contribution in [3.63, 3.8) is 0 Å². The van der Waals surface area contributed by atoms with Gasteiger partial charge in [0.25, 0.3) is 0 Å². The fraction of sp³-hybridized carbons (Fsp3) is 0.429. The van der Waals surface area contributed by atoms with Crippen LogP contribution in [-0.4, -0.2) is 38.9 Å². The molecule has 0 fully saturated rings. The van der Waals surface area contributed by atoms with Gasteiger partial charge in [-0.1, -0.05) is 150 Å². The van der Waals surface area contributed by atoms with Crippen LogP contribution in [0, 0.1) is 41.5 Å². The molecule has 5 heteroatoms. The molecule has 3 nitrogen and oxygen atoms in total. The predicted octanol–water partition coefficient (Wildman–Crippen LogP) is 12.8. The van der Waals surface area contributed by atoms with E-state index in [9.17, 15) is 0 Å². The molecule has 0 saturated carbocycles. The molecule has 4 aromatic carbocycles. The molecule has 0 aliphatic heterocycles. The van der Waals surface area contributed by atoms with Gasteiger partial charge in [-0.25, -0.2) is 0 Å². The first-order valence-corrected chi connectivity index (χ1v) is 17.3. The van der Waals surface area contributed by atoms with E-state index in [0.29, 0.717) is 0 Å². The number of rotatable bonds is 3. The Bertz CT molecular complexity index is 1270. The first-order chi connectivity index (χ1) is 21.0. The van der Waals surface area contributed by atoms with E-state index >= 15 is 0 Å². The summed E-state index contributed by atoms with van der Waals surface area (Å²) in [5.41, 5.74) is 11.0. The molecule has 0 bridgehead atoms. The second kappa shape index (κ2) is 20.3. The summed E-state index contributed by atoms with van der Waals surface area (Å²) in [6, 6.07) is 29.5.